The van der Waals surface area contributed by atoms with Crippen molar-refractivity contribution < 1.29 is 23.1 Å². The highest BCUT2D eigenvalue weighted by Crippen LogP contribution is 2.22. The fourth-order valence-electron chi connectivity index (χ4n) is 1.93. The standard InChI is InChI=1S/C14H21NO5S/c1-11-6-7-13(20-3)12(9-11)10-15(2)21(18,19)8-4-5-14(16)17/h6-7,9H,4-5,8,10H2,1-3H3,(H,16,17). The maximum atomic E-state index is 12.1. The van der Waals surface area contributed by atoms with Crippen LogP contribution in [-0.2, 0) is 21.4 Å². The molecule has 118 valence electrons. The molecule has 0 bridgehead atoms. The van der Waals surface area contributed by atoms with Crippen molar-refractivity contribution >= 4 is 16.0 Å². The zero-order valence-electron chi connectivity index (χ0n) is 12.5. The van der Waals surface area contributed by atoms with Gasteiger partial charge in [-0.25, -0.2) is 12.7 Å². The van der Waals surface area contributed by atoms with Crippen LogP contribution in [0.5, 0.6) is 5.75 Å². The van der Waals surface area contributed by atoms with Gasteiger partial charge in [-0.2, -0.15) is 0 Å². The minimum atomic E-state index is -3.48. The van der Waals surface area contributed by atoms with E-state index in [2.05, 4.69) is 0 Å². The van der Waals surface area contributed by atoms with E-state index in [0.717, 1.165) is 11.1 Å². The molecule has 0 aliphatic heterocycles. The SMILES string of the molecule is COc1ccc(C)cc1CN(C)S(=O)(=O)CCCC(=O)O. The van der Waals surface area contributed by atoms with Gasteiger partial charge in [-0.05, 0) is 19.4 Å². The Morgan fingerprint density at radius 1 is 1.38 bits per heavy atom. The highest BCUT2D eigenvalue weighted by atomic mass is 32.2. The number of hydrogen-bond acceptors (Lipinski definition) is 4. The van der Waals surface area contributed by atoms with Gasteiger partial charge in [0.1, 0.15) is 5.75 Å². The fraction of sp³-hybridized carbons (Fsp3) is 0.500. The molecule has 0 amide bonds. The summed E-state index contributed by atoms with van der Waals surface area (Å²) in [5.74, 6) is -0.536. The van der Waals surface area contributed by atoms with Gasteiger partial charge in [0.25, 0.3) is 0 Å². The molecule has 1 aromatic rings. The number of rotatable bonds is 8. The van der Waals surface area contributed by atoms with Gasteiger partial charge in [-0.15, -0.1) is 0 Å². The summed E-state index contributed by atoms with van der Waals surface area (Å²) in [4.78, 5) is 10.4. The number of carboxylic acid groups (broad SMARTS) is 1. The summed E-state index contributed by atoms with van der Waals surface area (Å²) in [6.07, 6.45) is -0.0478. The van der Waals surface area contributed by atoms with E-state index < -0.39 is 16.0 Å². The summed E-state index contributed by atoms with van der Waals surface area (Å²) in [5.41, 5.74) is 1.80. The van der Waals surface area contributed by atoms with Crippen molar-refractivity contribution in [3.63, 3.8) is 0 Å². The molecule has 0 heterocycles. The van der Waals surface area contributed by atoms with E-state index in [1.807, 2.05) is 19.1 Å². The van der Waals surface area contributed by atoms with Crippen LogP contribution in [0.4, 0.5) is 0 Å². The Balaban J connectivity index is 2.77. The highest BCUT2D eigenvalue weighted by molar-refractivity contribution is 7.89. The molecular weight excluding hydrogens is 294 g/mol. The third-order valence-corrected chi connectivity index (χ3v) is 4.98. The van der Waals surface area contributed by atoms with Crippen molar-refractivity contribution in [1.29, 1.82) is 0 Å². The van der Waals surface area contributed by atoms with E-state index in [9.17, 15) is 13.2 Å². The molecule has 0 saturated heterocycles. The molecule has 0 spiro atoms. The molecule has 0 aromatic heterocycles. The fourth-order valence-corrected chi connectivity index (χ4v) is 3.09. The lowest BCUT2D eigenvalue weighted by molar-refractivity contribution is -0.137. The van der Waals surface area contributed by atoms with Gasteiger partial charge in [0, 0.05) is 25.6 Å². The lowest BCUT2D eigenvalue weighted by Crippen LogP contribution is -2.29. The molecule has 21 heavy (non-hydrogen) atoms. The van der Waals surface area contributed by atoms with Crippen molar-refractivity contribution in [2.45, 2.75) is 26.3 Å². The molecule has 0 aliphatic carbocycles. The number of aryl methyl sites for hydroxylation is 1. The number of hydrogen-bond donors (Lipinski definition) is 1. The van der Waals surface area contributed by atoms with Crippen LogP contribution in [0.25, 0.3) is 0 Å². The van der Waals surface area contributed by atoms with E-state index in [1.165, 1.54) is 18.5 Å². The predicted molar refractivity (Wildman–Crippen MR) is 79.9 cm³/mol. The maximum Gasteiger partial charge on any atom is 0.303 e. The first-order valence-corrected chi connectivity index (χ1v) is 8.16. The second kappa shape index (κ2) is 7.42. The molecule has 1 aromatic carbocycles. The quantitative estimate of drug-likeness (QED) is 0.788. The number of carbonyl (C=O) groups is 1. The van der Waals surface area contributed by atoms with Crippen molar-refractivity contribution in [3.8, 4) is 5.75 Å². The molecule has 0 unspecified atom stereocenters. The summed E-state index contributed by atoms with van der Waals surface area (Å²) < 4.78 is 30.6. The number of sulfonamides is 1. The van der Waals surface area contributed by atoms with Crippen LogP contribution in [0.2, 0.25) is 0 Å². The summed E-state index contributed by atoms with van der Waals surface area (Å²) in [5, 5.41) is 8.56. The molecule has 1 rings (SSSR count). The highest BCUT2D eigenvalue weighted by Gasteiger charge is 2.19. The Morgan fingerprint density at radius 3 is 2.62 bits per heavy atom. The normalized spacial score (nSPS) is 11.6. The Hall–Kier alpha value is -1.60. The van der Waals surface area contributed by atoms with Gasteiger partial charge >= 0.3 is 5.97 Å². The lowest BCUT2D eigenvalue weighted by atomic mass is 10.1. The van der Waals surface area contributed by atoms with Crippen LogP contribution in [-0.4, -0.2) is 43.7 Å². The topological polar surface area (TPSA) is 83.9 Å². The average molecular weight is 315 g/mol. The van der Waals surface area contributed by atoms with Gasteiger partial charge < -0.3 is 9.84 Å². The predicted octanol–water partition coefficient (Wildman–Crippen LogP) is 1.63. The van der Waals surface area contributed by atoms with Crippen LogP contribution < -0.4 is 4.74 Å². The Kier molecular flexibility index (Phi) is 6.17. The zero-order chi connectivity index (χ0) is 16.0. The van der Waals surface area contributed by atoms with Gasteiger partial charge in [0.15, 0.2) is 0 Å². The first kappa shape index (κ1) is 17.5. The van der Waals surface area contributed by atoms with Crippen molar-refractivity contribution in [3.05, 3.63) is 29.3 Å². The van der Waals surface area contributed by atoms with Crippen LogP contribution in [0.3, 0.4) is 0 Å². The molecule has 1 N–H and O–H groups in total. The number of benzene rings is 1. The number of ether oxygens (including phenoxy) is 1. The van der Waals surface area contributed by atoms with Crippen LogP contribution in [0.1, 0.15) is 24.0 Å². The minimum absolute atomic E-state index is 0.104. The van der Waals surface area contributed by atoms with Gasteiger partial charge in [0.2, 0.25) is 10.0 Å². The minimum Gasteiger partial charge on any atom is -0.496 e. The molecule has 0 saturated carbocycles. The smallest absolute Gasteiger partial charge is 0.303 e. The Morgan fingerprint density at radius 2 is 2.05 bits per heavy atom. The molecule has 0 radical (unpaired) electrons. The van der Waals surface area contributed by atoms with E-state index in [1.54, 1.807) is 6.07 Å². The van der Waals surface area contributed by atoms with Crippen molar-refractivity contribution in [1.82, 2.24) is 4.31 Å². The number of aliphatic carboxylic acids is 1. The number of methoxy groups -OCH3 is 1. The van der Waals surface area contributed by atoms with Crippen LogP contribution in [0.15, 0.2) is 18.2 Å². The first-order chi connectivity index (χ1) is 9.76. The molecule has 0 aliphatic rings. The van der Waals surface area contributed by atoms with Crippen LogP contribution >= 0.6 is 0 Å². The summed E-state index contributed by atoms with van der Waals surface area (Å²) in [6.45, 7) is 2.12. The second-order valence-electron chi connectivity index (χ2n) is 4.88. The molecule has 0 atom stereocenters. The molecule has 0 fully saturated rings. The summed E-state index contributed by atoms with van der Waals surface area (Å²) in [6, 6.07) is 5.57. The van der Waals surface area contributed by atoms with E-state index >= 15 is 0 Å². The Labute approximate surface area is 125 Å². The van der Waals surface area contributed by atoms with Gasteiger partial charge in [-0.1, -0.05) is 17.7 Å². The third kappa shape index (κ3) is 5.35. The average Bonchev–Trinajstić information content (AvgIpc) is 2.38. The zero-order valence-corrected chi connectivity index (χ0v) is 13.3. The molecular formula is C14H21NO5S. The first-order valence-electron chi connectivity index (χ1n) is 6.55. The van der Waals surface area contributed by atoms with E-state index in [-0.39, 0.29) is 25.1 Å². The van der Waals surface area contributed by atoms with Gasteiger partial charge in [-0.3, -0.25) is 4.79 Å². The van der Waals surface area contributed by atoms with E-state index in [0.29, 0.717) is 5.75 Å². The summed E-state index contributed by atoms with van der Waals surface area (Å²) in [7, 11) is -0.456. The van der Waals surface area contributed by atoms with E-state index in [4.69, 9.17) is 9.84 Å². The van der Waals surface area contributed by atoms with Gasteiger partial charge in [0.05, 0.1) is 12.9 Å². The molecule has 6 nitrogen and oxygen atoms in total. The van der Waals surface area contributed by atoms with Crippen molar-refractivity contribution in [2.75, 3.05) is 19.9 Å². The summed E-state index contributed by atoms with van der Waals surface area (Å²) >= 11 is 0. The largest absolute Gasteiger partial charge is 0.496 e. The monoisotopic (exact) mass is 315 g/mol. The number of nitrogens with zero attached hydrogens (tertiary/aromatic N) is 1. The maximum absolute atomic E-state index is 12.1. The third-order valence-electron chi connectivity index (χ3n) is 3.10. The molecule has 7 heteroatoms. The van der Waals surface area contributed by atoms with Crippen LogP contribution in [0, 0.1) is 6.92 Å². The second-order valence-corrected chi connectivity index (χ2v) is 7.08. The number of carboxylic acids is 1. The lowest BCUT2D eigenvalue weighted by Gasteiger charge is -2.19. The Bertz CT molecular complexity index is 597. The van der Waals surface area contributed by atoms with Crippen molar-refractivity contribution in [2.24, 2.45) is 0 Å².